The van der Waals surface area contributed by atoms with E-state index in [0.717, 1.165) is 37.8 Å². The summed E-state index contributed by atoms with van der Waals surface area (Å²) in [4.78, 5) is 20.5. The van der Waals surface area contributed by atoms with Crippen LogP contribution in [0, 0.1) is 5.92 Å². The van der Waals surface area contributed by atoms with Crippen LogP contribution < -0.4 is 0 Å². The summed E-state index contributed by atoms with van der Waals surface area (Å²) in [6.07, 6.45) is 0.295. The standard InChI is InChI=1S/C17H19F3N6O/c18-17(19,20)13-3-4-15(21-9-13)26-11-14(22-23-26)16(27)25-7-5-24(6-8-25)10-12-1-2-12/h3-4,9,11-12H,1-2,5-8,10H2. The molecule has 2 aliphatic rings. The molecule has 0 bridgehead atoms. The quantitative estimate of drug-likeness (QED) is 0.810. The lowest BCUT2D eigenvalue weighted by Gasteiger charge is -2.34. The fourth-order valence-electron chi connectivity index (χ4n) is 3.12. The number of nitrogens with zero attached hydrogens (tertiary/aromatic N) is 6. The lowest BCUT2D eigenvalue weighted by molar-refractivity contribution is -0.137. The first-order valence-corrected chi connectivity index (χ1v) is 8.88. The van der Waals surface area contributed by atoms with Crippen LogP contribution >= 0.6 is 0 Å². The van der Waals surface area contributed by atoms with Crippen molar-refractivity contribution in [1.29, 1.82) is 0 Å². The highest BCUT2D eigenvalue weighted by atomic mass is 19.4. The third-order valence-corrected chi connectivity index (χ3v) is 4.90. The average molecular weight is 380 g/mol. The number of hydrogen-bond acceptors (Lipinski definition) is 5. The van der Waals surface area contributed by atoms with Crippen molar-refractivity contribution in [3.8, 4) is 5.82 Å². The number of carbonyl (C=O) groups excluding carboxylic acids is 1. The van der Waals surface area contributed by atoms with Crippen LogP contribution in [0.2, 0.25) is 0 Å². The van der Waals surface area contributed by atoms with E-state index in [0.29, 0.717) is 13.1 Å². The Kier molecular flexibility index (Phi) is 4.58. The van der Waals surface area contributed by atoms with Gasteiger partial charge in [-0.15, -0.1) is 5.10 Å². The minimum Gasteiger partial charge on any atom is -0.335 e. The Morgan fingerprint density at radius 3 is 2.48 bits per heavy atom. The van der Waals surface area contributed by atoms with E-state index >= 15 is 0 Å². The largest absolute Gasteiger partial charge is 0.417 e. The van der Waals surface area contributed by atoms with Gasteiger partial charge in [-0.05, 0) is 30.9 Å². The first kappa shape index (κ1) is 17.9. The molecule has 144 valence electrons. The third kappa shape index (κ3) is 4.10. The molecule has 0 unspecified atom stereocenters. The number of alkyl halides is 3. The molecule has 2 aromatic rings. The average Bonchev–Trinajstić information content (AvgIpc) is 3.33. The molecule has 0 N–H and O–H groups in total. The van der Waals surface area contributed by atoms with Crippen molar-refractivity contribution < 1.29 is 18.0 Å². The molecule has 1 aliphatic heterocycles. The van der Waals surface area contributed by atoms with Gasteiger partial charge in [0, 0.05) is 38.9 Å². The van der Waals surface area contributed by atoms with Crippen LogP contribution in [0.25, 0.3) is 5.82 Å². The molecule has 2 aromatic heterocycles. The number of halogens is 3. The Balaban J connectivity index is 1.39. The zero-order valence-corrected chi connectivity index (χ0v) is 14.6. The van der Waals surface area contributed by atoms with Crippen molar-refractivity contribution in [2.45, 2.75) is 19.0 Å². The molecular weight excluding hydrogens is 361 g/mol. The first-order chi connectivity index (χ1) is 12.9. The van der Waals surface area contributed by atoms with E-state index in [-0.39, 0.29) is 17.4 Å². The number of aromatic nitrogens is 4. The van der Waals surface area contributed by atoms with Crippen LogP contribution in [0.5, 0.6) is 0 Å². The molecule has 27 heavy (non-hydrogen) atoms. The van der Waals surface area contributed by atoms with Gasteiger partial charge in [-0.1, -0.05) is 5.21 Å². The number of amides is 1. The normalized spacial score (nSPS) is 18.7. The predicted octanol–water partition coefficient (Wildman–Crippen LogP) is 1.85. The zero-order valence-electron chi connectivity index (χ0n) is 14.6. The SMILES string of the molecule is O=C(c1cn(-c2ccc(C(F)(F)F)cn2)nn1)N1CCN(CC2CC2)CC1. The Bertz CT molecular complexity index is 807. The maximum atomic E-state index is 12.6. The van der Waals surface area contributed by atoms with Gasteiger partial charge in [-0.25, -0.2) is 9.67 Å². The molecule has 1 aliphatic carbocycles. The van der Waals surface area contributed by atoms with Gasteiger partial charge >= 0.3 is 6.18 Å². The van der Waals surface area contributed by atoms with Crippen LogP contribution in [0.3, 0.4) is 0 Å². The summed E-state index contributed by atoms with van der Waals surface area (Å²) < 4.78 is 39.0. The van der Waals surface area contributed by atoms with Gasteiger partial charge in [-0.2, -0.15) is 13.2 Å². The smallest absolute Gasteiger partial charge is 0.335 e. The van der Waals surface area contributed by atoms with E-state index in [1.807, 2.05) is 0 Å². The molecule has 1 saturated carbocycles. The fourth-order valence-corrected chi connectivity index (χ4v) is 3.12. The summed E-state index contributed by atoms with van der Waals surface area (Å²) in [5.41, 5.74) is -0.681. The van der Waals surface area contributed by atoms with Gasteiger partial charge in [0.2, 0.25) is 0 Å². The van der Waals surface area contributed by atoms with Gasteiger partial charge in [0.05, 0.1) is 11.8 Å². The molecule has 4 rings (SSSR count). The predicted molar refractivity (Wildman–Crippen MR) is 89.2 cm³/mol. The van der Waals surface area contributed by atoms with E-state index in [2.05, 4.69) is 20.2 Å². The molecular formula is C17H19F3N6O. The molecule has 10 heteroatoms. The summed E-state index contributed by atoms with van der Waals surface area (Å²) in [5, 5.41) is 7.68. The lowest BCUT2D eigenvalue weighted by atomic mass is 10.2. The van der Waals surface area contributed by atoms with E-state index < -0.39 is 11.7 Å². The van der Waals surface area contributed by atoms with Crippen molar-refractivity contribution in [1.82, 2.24) is 29.8 Å². The van der Waals surface area contributed by atoms with Gasteiger partial charge < -0.3 is 4.90 Å². The lowest BCUT2D eigenvalue weighted by Crippen LogP contribution is -2.49. The van der Waals surface area contributed by atoms with E-state index in [1.165, 1.54) is 29.8 Å². The van der Waals surface area contributed by atoms with Crippen molar-refractivity contribution in [3.63, 3.8) is 0 Å². The molecule has 2 fully saturated rings. The summed E-state index contributed by atoms with van der Waals surface area (Å²) in [6.45, 7) is 4.07. The Labute approximate surface area is 153 Å². The van der Waals surface area contributed by atoms with Crippen LogP contribution in [0.4, 0.5) is 13.2 Å². The molecule has 0 spiro atoms. The third-order valence-electron chi connectivity index (χ3n) is 4.90. The van der Waals surface area contributed by atoms with Crippen LogP contribution in [0.15, 0.2) is 24.5 Å². The van der Waals surface area contributed by atoms with Crippen LogP contribution in [0.1, 0.15) is 28.9 Å². The summed E-state index contributed by atoms with van der Waals surface area (Å²) in [7, 11) is 0. The molecule has 0 atom stereocenters. The monoisotopic (exact) mass is 380 g/mol. The van der Waals surface area contributed by atoms with Gasteiger partial charge in [0.25, 0.3) is 5.91 Å². The second kappa shape index (κ2) is 6.91. The van der Waals surface area contributed by atoms with Crippen LogP contribution in [-0.4, -0.2) is 68.4 Å². The molecule has 0 radical (unpaired) electrons. The summed E-state index contributed by atoms with van der Waals surface area (Å²) >= 11 is 0. The van der Waals surface area contributed by atoms with E-state index in [4.69, 9.17) is 0 Å². The maximum absolute atomic E-state index is 12.6. The summed E-state index contributed by atoms with van der Waals surface area (Å²) in [5.74, 6) is 0.770. The van der Waals surface area contributed by atoms with Gasteiger partial charge in [-0.3, -0.25) is 9.69 Å². The number of hydrogen-bond donors (Lipinski definition) is 0. The molecule has 1 amide bonds. The minimum atomic E-state index is -4.45. The molecule has 0 aromatic carbocycles. The van der Waals surface area contributed by atoms with Crippen molar-refractivity contribution in [2.24, 2.45) is 5.92 Å². The van der Waals surface area contributed by atoms with Crippen molar-refractivity contribution in [3.05, 3.63) is 35.8 Å². The number of carbonyl (C=O) groups is 1. The van der Waals surface area contributed by atoms with Crippen molar-refractivity contribution >= 4 is 5.91 Å². The summed E-state index contributed by atoms with van der Waals surface area (Å²) in [6, 6.07) is 2.12. The minimum absolute atomic E-state index is 0.160. The van der Waals surface area contributed by atoms with E-state index in [9.17, 15) is 18.0 Å². The topological polar surface area (TPSA) is 67.2 Å². The Morgan fingerprint density at radius 2 is 1.89 bits per heavy atom. The molecule has 7 nitrogen and oxygen atoms in total. The number of piperazine rings is 1. The number of rotatable bonds is 4. The molecule has 1 saturated heterocycles. The molecule has 3 heterocycles. The van der Waals surface area contributed by atoms with E-state index in [1.54, 1.807) is 4.90 Å². The Morgan fingerprint density at radius 1 is 1.15 bits per heavy atom. The van der Waals surface area contributed by atoms with Gasteiger partial charge in [0.1, 0.15) is 0 Å². The maximum Gasteiger partial charge on any atom is 0.417 e. The fraction of sp³-hybridized carbons (Fsp3) is 0.529. The zero-order chi connectivity index (χ0) is 19.0. The van der Waals surface area contributed by atoms with Crippen LogP contribution in [-0.2, 0) is 6.18 Å². The second-order valence-corrected chi connectivity index (χ2v) is 6.99. The highest BCUT2D eigenvalue weighted by Crippen LogP contribution is 2.30. The highest BCUT2D eigenvalue weighted by molar-refractivity contribution is 5.92. The van der Waals surface area contributed by atoms with Crippen molar-refractivity contribution in [2.75, 3.05) is 32.7 Å². The first-order valence-electron chi connectivity index (χ1n) is 8.88. The van der Waals surface area contributed by atoms with Gasteiger partial charge in [0.15, 0.2) is 11.5 Å². The Hall–Kier alpha value is -2.49. The highest BCUT2D eigenvalue weighted by Gasteiger charge is 2.31. The number of pyridine rings is 1. The second-order valence-electron chi connectivity index (χ2n) is 6.99.